The molecule has 0 aliphatic carbocycles. The van der Waals surface area contributed by atoms with Crippen LogP contribution in [0.4, 0.5) is 0 Å². The minimum absolute atomic E-state index is 0.0162. The summed E-state index contributed by atoms with van der Waals surface area (Å²) in [5, 5.41) is 38.1. The van der Waals surface area contributed by atoms with E-state index in [4.69, 9.17) is 19.3 Å². The van der Waals surface area contributed by atoms with E-state index in [1.807, 2.05) is 0 Å². The highest BCUT2D eigenvalue weighted by molar-refractivity contribution is 5.69. The molecule has 5 atom stereocenters. The molecule has 8 heteroatoms. The zero-order valence-electron chi connectivity index (χ0n) is 22.0. The van der Waals surface area contributed by atoms with E-state index in [1.54, 1.807) is 0 Å². The van der Waals surface area contributed by atoms with Gasteiger partial charge in [-0.25, -0.2) is 0 Å². The molecule has 0 radical (unpaired) electrons. The maximum absolute atomic E-state index is 12.2. The lowest BCUT2D eigenvalue weighted by Gasteiger charge is -2.27. The fourth-order valence-electron chi connectivity index (χ4n) is 4.49. The number of rotatable bonds is 23. The Hall–Kier alpha value is -0.770. The molecule has 4 N–H and O–H groups in total. The molecule has 0 amide bonds. The van der Waals surface area contributed by atoms with Crippen LogP contribution in [0.2, 0.25) is 0 Å². The van der Waals surface area contributed by atoms with Gasteiger partial charge >= 0.3 is 5.97 Å². The van der Waals surface area contributed by atoms with E-state index < -0.39 is 49.7 Å². The molecular weight excluding hydrogens is 452 g/mol. The van der Waals surface area contributed by atoms with Crippen molar-refractivity contribution in [2.24, 2.45) is 0 Å². The second-order valence-corrected chi connectivity index (χ2v) is 9.91. The van der Waals surface area contributed by atoms with E-state index in [0.29, 0.717) is 0 Å². The fraction of sp³-hybridized carbons (Fsp3) is 0.963. The first-order valence-corrected chi connectivity index (χ1v) is 14.0. The van der Waals surface area contributed by atoms with Gasteiger partial charge in [-0.05, 0) is 6.42 Å². The topological polar surface area (TPSA) is 126 Å². The van der Waals surface area contributed by atoms with Crippen molar-refractivity contribution < 1.29 is 39.4 Å². The zero-order chi connectivity index (χ0) is 25.7. The van der Waals surface area contributed by atoms with Crippen molar-refractivity contribution >= 4 is 5.97 Å². The first-order valence-electron chi connectivity index (χ1n) is 14.0. The SMILES string of the molecule is CCCCCCCCCCCCCCCCCC(=O)O[C@H](CO)[C@H]1OC[C@H](O)[C@H]1OCC(O)CO. The normalized spacial score (nSPS) is 21.8. The molecule has 208 valence electrons. The van der Waals surface area contributed by atoms with E-state index in [1.165, 1.54) is 77.0 Å². The van der Waals surface area contributed by atoms with Crippen molar-refractivity contribution in [2.45, 2.75) is 140 Å². The lowest BCUT2D eigenvalue weighted by Crippen LogP contribution is -2.45. The number of unbranched alkanes of at least 4 members (excludes halogenated alkanes) is 14. The van der Waals surface area contributed by atoms with Crippen LogP contribution in [0.1, 0.15) is 110 Å². The Morgan fingerprint density at radius 3 is 1.86 bits per heavy atom. The second-order valence-electron chi connectivity index (χ2n) is 9.91. The third kappa shape index (κ3) is 15.2. The summed E-state index contributed by atoms with van der Waals surface area (Å²) in [5.74, 6) is -0.405. The van der Waals surface area contributed by atoms with Gasteiger partial charge in [0.1, 0.15) is 24.4 Å². The van der Waals surface area contributed by atoms with Crippen LogP contribution in [0.15, 0.2) is 0 Å². The fourth-order valence-corrected chi connectivity index (χ4v) is 4.49. The van der Waals surface area contributed by atoms with Gasteiger partial charge in [0, 0.05) is 6.42 Å². The van der Waals surface area contributed by atoms with E-state index in [2.05, 4.69) is 6.92 Å². The van der Waals surface area contributed by atoms with Crippen LogP contribution >= 0.6 is 0 Å². The predicted octanol–water partition coefficient (Wildman–Crippen LogP) is 3.65. The Balaban J connectivity index is 2.06. The molecule has 0 saturated carbocycles. The molecule has 0 bridgehead atoms. The van der Waals surface area contributed by atoms with E-state index in [0.717, 1.165) is 19.3 Å². The molecule has 1 aliphatic rings. The summed E-state index contributed by atoms with van der Waals surface area (Å²) in [5.41, 5.74) is 0. The highest BCUT2D eigenvalue weighted by Gasteiger charge is 2.43. The summed E-state index contributed by atoms with van der Waals surface area (Å²) in [4.78, 5) is 12.2. The van der Waals surface area contributed by atoms with Gasteiger partial charge in [-0.15, -0.1) is 0 Å². The molecule has 8 nitrogen and oxygen atoms in total. The van der Waals surface area contributed by atoms with Crippen LogP contribution in [0.3, 0.4) is 0 Å². The van der Waals surface area contributed by atoms with Gasteiger partial charge in [-0.2, -0.15) is 0 Å². The predicted molar refractivity (Wildman–Crippen MR) is 135 cm³/mol. The lowest BCUT2D eigenvalue weighted by atomic mass is 10.0. The first kappa shape index (κ1) is 32.3. The molecule has 0 spiro atoms. The largest absolute Gasteiger partial charge is 0.457 e. The van der Waals surface area contributed by atoms with Gasteiger partial charge in [-0.3, -0.25) is 4.79 Å². The van der Waals surface area contributed by atoms with E-state index >= 15 is 0 Å². The van der Waals surface area contributed by atoms with Gasteiger partial charge < -0.3 is 34.6 Å². The highest BCUT2D eigenvalue weighted by Crippen LogP contribution is 2.23. The number of carbonyl (C=O) groups excluding carboxylic acids is 1. The summed E-state index contributed by atoms with van der Waals surface area (Å²) in [6, 6.07) is 0. The van der Waals surface area contributed by atoms with Gasteiger partial charge in [0.15, 0.2) is 6.10 Å². The average molecular weight is 505 g/mol. The number of hydrogen-bond donors (Lipinski definition) is 4. The molecular formula is C27H52O8. The molecule has 1 saturated heterocycles. The summed E-state index contributed by atoms with van der Waals surface area (Å²) in [7, 11) is 0. The van der Waals surface area contributed by atoms with Crippen molar-refractivity contribution in [1.29, 1.82) is 0 Å². The van der Waals surface area contributed by atoms with Crippen LogP contribution < -0.4 is 0 Å². The average Bonchev–Trinajstić information content (AvgIpc) is 3.23. The third-order valence-corrected chi connectivity index (χ3v) is 6.67. The van der Waals surface area contributed by atoms with Gasteiger partial charge in [0.25, 0.3) is 0 Å². The lowest BCUT2D eigenvalue weighted by molar-refractivity contribution is -0.166. The van der Waals surface area contributed by atoms with Gasteiger partial charge in [0.05, 0.1) is 26.4 Å². The zero-order valence-corrected chi connectivity index (χ0v) is 22.0. The Morgan fingerprint density at radius 1 is 0.857 bits per heavy atom. The maximum Gasteiger partial charge on any atom is 0.306 e. The minimum Gasteiger partial charge on any atom is -0.457 e. The molecule has 0 aromatic rings. The standard InChI is InChI=1S/C27H52O8/c1-2-3-4-5-6-7-8-9-10-11-12-13-14-15-16-17-25(32)35-24(19-29)27-26(23(31)21-34-27)33-20-22(30)18-28/h22-24,26-31H,2-21H2,1H3/t22?,23-,24+,26+,27+/m0/s1. The van der Waals surface area contributed by atoms with Gasteiger partial charge in [-0.1, -0.05) is 96.8 Å². The minimum atomic E-state index is -1.08. The Labute approximate surface area is 212 Å². The molecule has 35 heavy (non-hydrogen) atoms. The molecule has 1 unspecified atom stereocenters. The number of aliphatic hydroxyl groups is 4. The molecule has 0 aromatic carbocycles. The Kier molecular flexibility index (Phi) is 19.7. The first-order chi connectivity index (χ1) is 17.0. The number of aliphatic hydroxyl groups excluding tert-OH is 4. The van der Waals surface area contributed by atoms with Crippen LogP contribution in [-0.2, 0) is 19.0 Å². The Morgan fingerprint density at radius 2 is 1.37 bits per heavy atom. The second kappa shape index (κ2) is 21.3. The van der Waals surface area contributed by atoms with E-state index in [9.17, 15) is 20.1 Å². The summed E-state index contributed by atoms with van der Waals surface area (Å²) >= 11 is 0. The van der Waals surface area contributed by atoms with Crippen molar-refractivity contribution in [3.05, 3.63) is 0 Å². The molecule has 1 heterocycles. The van der Waals surface area contributed by atoms with Crippen LogP contribution in [-0.4, -0.2) is 83.3 Å². The summed E-state index contributed by atoms with van der Waals surface area (Å²) < 4.78 is 16.3. The summed E-state index contributed by atoms with van der Waals surface area (Å²) in [6.45, 7) is 1.13. The number of ether oxygens (including phenoxy) is 3. The monoisotopic (exact) mass is 504 g/mol. The number of carbonyl (C=O) groups is 1. The maximum atomic E-state index is 12.2. The summed E-state index contributed by atoms with van der Waals surface area (Å²) in [6.07, 6.45) is 14.4. The van der Waals surface area contributed by atoms with Crippen molar-refractivity contribution in [3.63, 3.8) is 0 Å². The smallest absolute Gasteiger partial charge is 0.306 e. The quantitative estimate of drug-likeness (QED) is 0.123. The Bertz CT molecular complexity index is 504. The number of esters is 1. The van der Waals surface area contributed by atoms with Crippen molar-refractivity contribution in [2.75, 3.05) is 26.4 Å². The van der Waals surface area contributed by atoms with Gasteiger partial charge in [0.2, 0.25) is 0 Å². The molecule has 1 fully saturated rings. The third-order valence-electron chi connectivity index (χ3n) is 6.67. The number of hydrogen-bond acceptors (Lipinski definition) is 8. The van der Waals surface area contributed by atoms with Crippen LogP contribution in [0, 0.1) is 0 Å². The van der Waals surface area contributed by atoms with E-state index in [-0.39, 0.29) is 19.6 Å². The highest BCUT2D eigenvalue weighted by atomic mass is 16.6. The molecule has 1 aliphatic heterocycles. The van der Waals surface area contributed by atoms with Crippen LogP contribution in [0.25, 0.3) is 0 Å². The van der Waals surface area contributed by atoms with Crippen molar-refractivity contribution in [3.8, 4) is 0 Å². The molecule has 0 aromatic heterocycles. The van der Waals surface area contributed by atoms with Crippen molar-refractivity contribution in [1.82, 2.24) is 0 Å². The van der Waals surface area contributed by atoms with Crippen LogP contribution in [0.5, 0.6) is 0 Å². The molecule has 1 rings (SSSR count).